The number of nitrogens with one attached hydrogen (secondary N) is 1. The molecular formula is C34H34Cl3N3O4S. The molecule has 0 aliphatic rings. The lowest BCUT2D eigenvalue weighted by Gasteiger charge is -2.34. The number of hydrogen-bond donors (Lipinski definition) is 1. The average Bonchev–Trinajstić information content (AvgIpc) is 3.03. The number of nitrogens with zero attached hydrogens (tertiary/aromatic N) is 2. The van der Waals surface area contributed by atoms with Crippen molar-refractivity contribution in [2.24, 2.45) is 0 Å². The van der Waals surface area contributed by atoms with Gasteiger partial charge in [-0.3, -0.25) is 13.9 Å². The minimum atomic E-state index is -4.23. The first-order chi connectivity index (χ1) is 21.5. The molecule has 45 heavy (non-hydrogen) atoms. The fourth-order valence-corrected chi connectivity index (χ4v) is 6.59. The molecule has 0 bridgehead atoms. The van der Waals surface area contributed by atoms with Crippen LogP contribution in [0.1, 0.15) is 30.0 Å². The summed E-state index contributed by atoms with van der Waals surface area (Å²) in [7, 11) is -4.23. The topological polar surface area (TPSA) is 86.8 Å². The standard InChI is InChI=1S/C34H34Cl3N3O4S/c1-3-19-38-34(42)32(21-25-7-5-4-6-8-25)39(22-26-11-18-30(36)31(37)20-26)33(41)23-40(28-14-9-24(2)10-15-28)45(43,44)29-16-12-27(35)13-17-29/h4-18,20,32H,3,19,21-23H2,1-2H3,(H,38,42)/t32-/m1/s1. The Morgan fingerprint density at radius 3 is 2.11 bits per heavy atom. The minimum Gasteiger partial charge on any atom is -0.354 e. The highest BCUT2D eigenvalue weighted by Crippen LogP contribution is 2.28. The van der Waals surface area contributed by atoms with Crippen molar-refractivity contribution in [3.63, 3.8) is 0 Å². The first-order valence-corrected chi connectivity index (χ1v) is 17.0. The van der Waals surface area contributed by atoms with Gasteiger partial charge in [0, 0.05) is 24.5 Å². The van der Waals surface area contributed by atoms with E-state index < -0.39 is 28.5 Å². The Morgan fingerprint density at radius 1 is 0.822 bits per heavy atom. The quantitative estimate of drug-likeness (QED) is 0.160. The highest BCUT2D eigenvalue weighted by molar-refractivity contribution is 7.92. The molecule has 11 heteroatoms. The van der Waals surface area contributed by atoms with Gasteiger partial charge in [-0.15, -0.1) is 0 Å². The van der Waals surface area contributed by atoms with Gasteiger partial charge in [0.1, 0.15) is 12.6 Å². The number of carbonyl (C=O) groups is 2. The lowest BCUT2D eigenvalue weighted by molar-refractivity contribution is -0.140. The third kappa shape index (κ3) is 9.01. The highest BCUT2D eigenvalue weighted by Gasteiger charge is 2.34. The summed E-state index contributed by atoms with van der Waals surface area (Å²) in [5.74, 6) is -0.927. The van der Waals surface area contributed by atoms with E-state index in [0.29, 0.717) is 39.3 Å². The predicted octanol–water partition coefficient (Wildman–Crippen LogP) is 7.32. The molecule has 0 spiro atoms. The van der Waals surface area contributed by atoms with Gasteiger partial charge >= 0.3 is 0 Å². The van der Waals surface area contributed by atoms with Crippen molar-refractivity contribution in [3.05, 3.63) is 129 Å². The van der Waals surface area contributed by atoms with Gasteiger partial charge in [0.25, 0.3) is 10.0 Å². The molecule has 0 aliphatic carbocycles. The van der Waals surface area contributed by atoms with Crippen molar-refractivity contribution in [2.45, 2.75) is 44.2 Å². The zero-order valence-electron chi connectivity index (χ0n) is 24.9. The summed E-state index contributed by atoms with van der Waals surface area (Å²) in [6, 6.07) is 26.0. The maximum Gasteiger partial charge on any atom is 0.264 e. The normalized spacial score (nSPS) is 11.9. The maximum atomic E-state index is 14.5. The molecule has 1 atom stereocenters. The van der Waals surface area contributed by atoms with Crippen LogP contribution in [0, 0.1) is 6.92 Å². The molecule has 0 fully saturated rings. The van der Waals surface area contributed by atoms with Crippen LogP contribution in [0.4, 0.5) is 5.69 Å². The van der Waals surface area contributed by atoms with Crippen LogP contribution in [0.15, 0.2) is 102 Å². The number of sulfonamides is 1. The molecule has 2 amide bonds. The van der Waals surface area contributed by atoms with Gasteiger partial charge in [-0.25, -0.2) is 8.42 Å². The van der Waals surface area contributed by atoms with E-state index >= 15 is 0 Å². The first kappa shape index (κ1) is 34.3. The first-order valence-electron chi connectivity index (χ1n) is 14.4. The van der Waals surface area contributed by atoms with Gasteiger partial charge in [-0.05, 0) is 73.0 Å². The number of amides is 2. The molecule has 4 aromatic carbocycles. The smallest absolute Gasteiger partial charge is 0.264 e. The molecule has 0 aliphatic heterocycles. The number of rotatable bonds is 13. The van der Waals surface area contributed by atoms with E-state index in [-0.39, 0.29) is 23.8 Å². The van der Waals surface area contributed by atoms with Crippen molar-refractivity contribution in [1.82, 2.24) is 10.2 Å². The summed E-state index contributed by atoms with van der Waals surface area (Å²) in [6.07, 6.45) is 0.906. The second-order valence-electron chi connectivity index (χ2n) is 10.6. The van der Waals surface area contributed by atoms with E-state index in [9.17, 15) is 18.0 Å². The summed E-state index contributed by atoms with van der Waals surface area (Å²) in [6.45, 7) is 3.65. The predicted molar refractivity (Wildman–Crippen MR) is 181 cm³/mol. The van der Waals surface area contributed by atoms with Crippen LogP contribution in [0.5, 0.6) is 0 Å². The van der Waals surface area contributed by atoms with E-state index in [1.807, 2.05) is 44.2 Å². The fraction of sp³-hybridized carbons (Fsp3) is 0.235. The summed E-state index contributed by atoms with van der Waals surface area (Å²) >= 11 is 18.5. The van der Waals surface area contributed by atoms with Gasteiger partial charge < -0.3 is 10.2 Å². The summed E-state index contributed by atoms with van der Waals surface area (Å²) < 4.78 is 29.2. The van der Waals surface area contributed by atoms with E-state index in [1.165, 1.54) is 29.2 Å². The number of hydrogen-bond acceptors (Lipinski definition) is 4. The van der Waals surface area contributed by atoms with E-state index in [4.69, 9.17) is 34.8 Å². The average molecular weight is 687 g/mol. The van der Waals surface area contributed by atoms with Crippen molar-refractivity contribution >= 4 is 62.3 Å². The number of anilines is 1. The Balaban J connectivity index is 1.80. The molecule has 0 saturated heterocycles. The zero-order valence-corrected chi connectivity index (χ0v) is 28.0. The Bertz CT molecular complexity index is 1720. The summed E-state index contributed by atoms with van der Waals surface area (Å²) in [5.41, 5.74) is 2.69. The van der Waals surface area contributed by atoms with E-state index in [1.54, 1.807) is 42.5 Å². The minimum absolute atomic E-state index is 0.0184. The molecule has 4 rings (SSSR count). The Morgan fingerprint density at radius 2 is 1.49 bits per heavy atom. The van der Waals surface area contributed by atoms with Gasteiger partial charge in [-0.1, -0.05) is 95.8 Å². The molecule has 0 saturated carbocycles. The van der Waals surface area contributed by atoms with Crippen LogP contribution in [0.2, 0.25) is 15.1 Å². The van der Waals surface area contributed by atoms with Gasteiger partial charge in [0.2, 0.25) is 11.8 Å². The monoisotopic (exact) mass is 685 g/mol. The zero-order chi connectivity index (χ0) is 32.6. The van der Waals surface area contributed by atoms with Crippen molar-refractivity contribution in [2.75, 3.05) is 17.4 Å². The third-order valence-corrected chi connectivity index (χ3v) is 9.94. The molecule has 0 unspecified atom stereocenters. The number of carbonyl (C=O) groups excluding carboxylic acids is 2. The lowest BCUT2D eigenvalue weighted by atomic mass is 10.0. The van der Waals surface area contributed by atoms with Crippen molar-refractivity contribution < 1.29 is 18.0 Å². The molecule has 236 valence electrons. The Hall–Kier alpha value is -3.56. The van der Waals surface area contributed by atoms with Crippen molar-refractivity contribution in [3.8, 4) is 0 Å². The third-order valence-electron chi connectivity index (χ3n) is 7.16. The van der Waals surface area contributed by atoms with Crippen LogP contribution < -0.4 is 9.62 Å². The van der Waals surface area contributed by atoms with Crippen LogP contribution in [-0.4, -0.2) is 44.3 Å². The second-order valence-corrected chi connectivity index (χ2v) is 13.7. The van der Waals surface area contributed by atoms with Crippen molar-refractivity contribution in [1.29, 1.82) is 0 Å². The number of benzene rings is 4. The van der Waals surface area contributed by atoms with Crippen LogP contribution in [0.3, 0.4) is 0 Å². The molecular weight excluding hydrogens is 653 g/mol. The highest BCUT2D eigenvalue weighted by atomic mass is 35.5. The van der Waals surface area contributed by atoms with Crippen LogP contribution in [-0.2, 0) is 32.6 Å². The lowest BCUT2D eigenvalue weighted by Crippen LogP contribution is -2.53. The molecule has 0 aromatic heterocycles. The number of halogens is 3. The largest absolute Gasteiger partial charge is 0.354 e. The Kier molecular flexibility index (Phi) is 11.9. The van der Waals surface area contributed by atoms with Crippen LogP contribution >= 0.6 is 34.8 Å². The van der Waals surface area contributed by atoms with E-state index in [2.05, 4.69) is 5.32 Å². The van der Waals surface area contributed by atoms with Gasteiger partial charge in [0.15, 0.2) is 0 Å². The summed E-state index contributed by atoms with van der Waals surface area (Å²) in [4.78, 5) is 29.5. The van der Waals surface area contributed by atoms with Crippen LogP contribution in [0.25, 0.3) is 0 Å². The Labute approximate surface area is 279 Å². The molecule has 7 nitrogen and oxygen atoms in total. The summed E-state index contributed by atoms with van der Waals surface area (Å²) in [5, 5.41) is 3.94. The second kappa shape index (κ2) is 15.6. The molecule has 0 radical (unpaired) electrons. The molecule has 1 N–H and O–H groups in total. The van der Waals surface area contributed by atoms with E-state index in [0.717, 1.165) is 15.4 Å². The SMILES string of the molecule is CCCNC(=O)[C@@H](Cc1ccccc1)N(Cc1ccc(Cl)c(Cl)c1)C(=O)CN(c1ccc(C)cc1)S(=O)(=O)c1ccc(Cl)cc1. The fourth-order valence-electron chi connectivity index (χ4n) is 4.73. The van der Waals surface area contributed by atoms with Gasteiger partial charge in [0.05, 0.1) is 20.6 Å². The van der Waals surface area contributed by atoms with Gasteiger partial charge in [-0.2, -0.15) is 0 Å². The molecule has 0 heterocycles. The molecule has 4 aromatic rings. The maximum absolute atomic E-state index is 14.5. The number of aryl methyl sites for hydroxylation is 1.